The zero-order chi connectivity index (χ0) is 7.99. The van der Waals surface area contributed by atoms with Gasteiger partial charge >= 0.3 is 0 Å². The second kappa shape index (κ2) is 2.91. The minimum Gasteiger partial charge on any atom is -0.141 e. The van der Waals surface area contributed by atoms with Crippen LogP contribution in [-0.4, -0.2) is 18.4 Å². The molecule has 0 amide bonds. The van der Waals surface area contributed by atoms with Gasteiger partial charge < -0.3 is 0 Å². The number of hydrogen-bond donors (Lipinski definition) is 0. The maximum absolute atomic E-state index is 5.67. The first kappa shape index (κ1) is 9.85. The van der Waals surface area contributed by atoms with Crippen LogP contribution in [0.15, 0.2) is 0 Å². The largest absolute Gasteiger partial charge is 0.234 e. The van der Waals surface area contributed by atoms with E-state index < -0.39 is 8.25 Å². The number of nitrogens with zero attached hydrogens (tertiary/aromatic N) is 1. The zero-order valence-electron chi connectivity index (χ0n) is 4.45. The molecule has 0 atom stereocenters. The van der Waals surface area contributed by atoms with Gasteiger partial charge in [0.05, 0.1) is 0 Å². The summed E-state index contributed by atoms with van der Waals surface area (Å²) in [5, 5.41) is 0. The van der Waals surface area contributed by atoms with Crippen LogP contribution in [0.25, 0.3) is 0 Å². The van der Waals surface area contributed by atoms with E-state index >= 15 is 0 Å². The lowest BCUT2D eigenvalue weighted by atomic mass is 10.7. The summed E-state index contributed by atoms with van der Waals surface area (Å²) in [6.07, 6.45) is 0. The summed E-state index contributed by atoms with van der Waals surface area (Å²) in [4.78, 5) is 0. The lowest BCUT2D eigenvalue weighted by molar-refractivity contribution is 0.448. The van der Waals surface area contributed by atoms with Crippen LogP contribution in [0.2, 0.25) is 0 Å². The molecule has 0 saturated carbocycles. The molecule has 1 aliphatic heterocycles. The van der Waals surface area contributed by atoms with Crippen LogP contribution in [0, 0.1) is 0 Å². The first-order valence-electron chi connectivity index (χ1n) is 2.22. The quantitative estimate of drug-likeness (QED) is 0.373. The third kappa shape index (κ3) is 1.74. The Kier molecular flexibility index (Phi) is 2.87. The third-order valence-electron chi connectivity index (χ3n) is 0.935. The minimum absolute atomic E-state index is 0.382. The molecule has 0 bridgehead atoms. The topological polar surface area (TPSA) is 3.24 Å². The Morgan fingerprint density at radius 2 is 1.70 bits per heavy atom. The maximum Gasteiger partial charge on any atom is 0.234 e. The van der Waals surface area contributed by atoms with E-state index in [-0.39, 0.29) is 0 Å². The van der Waals surface area contributed by atoms with Gasteiger partial charge in [0.2, 0.25) is 3.79 Å². The molecule has 0 N–H and O–H groups in total. The van der Waals surface area contributed by atoms with Crippen molar-refractivity contribution in [2.24, 2.45) is 0 Å². The standard InChI is InChI=1S/C3H2Cl5NS/c4-2(5)1-10-3(6,7)9(2)8/h1H2. The predicted molar refractivity (Wildman–Crippen MR) is 49.0 cm³/mol. The van der Waals surface area contributed by atoms with Crippen LogP contribution in [0.3, 0.4) is 0 Å². The molecule has 1 aliphatic rings. The molecule has 7 heteroatoms. The average Bonchev–Trinajstić information content (AvgIpc) is 1.95. The summed E-state index contributed by atoms with van der Waals surface area (Å²) in [7, 11) is 0. The minimum atomic E-state index is -1.22. The van der Waals surface area contributed by atoms with Crippen molar-refractivity contribution >= 4 is 69.9 Å². The molecule has 0 aromatic carbocycles. The van der Waals surface area contributed by atoms with Gasteiger partial charge in [-0.3, -0.25) is 0 Å². The molecule has 1 heterocycles. The van der Waals surface area contributed by atoms with Crippen LogP contribution in [0.4, 0.5) is 0 Å². The van der Waals surface area contributed by atoms with Crippen molar-refractivity contribution in [3.05, 3.63) is 0 Å². The number of alkyl halides is 4. The molecule has 10 heavy (non-hydrogen) atoms. The number of hydrogen-bond acceptors (Lipinski definition) is 2. The van der Waals surface area contributed by atoms with Crippen LogP contribution in [0.5, 0.6) is 0 Å². The summed E-state index contributed by atoms with van der Waals surface area (Å²) < 4.78 is -1.41. The highest BCUT2D eigenvalue weighted by molar-refractivity contribution is 8.03. The van der Waals surface area contributed by atoms with E-state index in [1.807, 2.05) is 0 Å². The monoisotopic (exact) mass is 259 g/mol. The molecule has 1 fully saturated rings. The van der Waals surface area contributed by atoms with Crippen LogP contribution < -0.4 is 0 Å². The van der Waals surface area contributed by atoms with Gasteiger partial charge in [-0.2, -0.15) is 0 Å². The highest BCUT2D eigenvalue weighted by Crippen LogP contribution is 2.55. The van der Waals surface area contributed by atoms with Crippen molar-refractivity contribution in [2.45, 2.75) is 8.25 Å². The van der Waals surface area contributed by atoms with Crippen molar-refractivity contribution < 1.29 is 0 Å². The second-order valence-electron chi connectivity index (χ2n) is 1.72. The molecule has 1 rings (SSSR count). The molecule has 0 spiro atoms. The van der Waals surface area contributed by atoms with Crippen LogP contribution in [-0.2, 0) is 0 Å². The van der Waals surface area contributed by atoms with Crippen molar-refractivity contribution in [1.29, 1.82) is 0 Å². The van der Waals surface area contributed by atoms with Gasteiger partial charge in [-0.25, -0.2) is 0 Å². The molecule has 0 aromatic rings. The summed E-state index contributed by atoms with van der Waals surface area (Å²) in [5.41, 5.74) is 0. The fraction of sp³-hybridized carbons (Fsp3) is 1.00. The van der Waals surface area contributed by atoms with E-state index in [9.17, 15) is 0 Å². The van der Waals surface area contributed by atoms with Gasteiger partial charge in [0, 0.05) is 5.75 Å². The van der Waals surface area contributed by atoms with Crippen molar-refractivity contribution in [3.8, 4) is 0 Å². The molecular formula is C3H2Cl5NS. The fourth-order valence-electron chi connectivity index (χ4n) is 0.477. The van der Waals surface area contributed by atoms with Gasteiger partial charge in [-0.1, -0.05) is 46.4 Å². The molecule has 0 aromatic heterocycles. The van der Waals surface area contributed by atoms with Gasteiger partial charge in [0.1, 0.15) is 0 Å². The third-order valence-corrected chi connectivity index (χ3v) is 4.93. The predicted octanol–water partition coefficient (Wildman–Crippen LogP) is 3.41. The van der Waals surface area contributed by atoms with Gasteiger partial charge in [0.25, 0.3) is 0 Å². The summed E-state index contributed by atoms with van der Waals surface area (Å²) in [6.45, 7) is 0. The second-order valence-corrected chi connectivity index (χ2v) is 6.41. The zero-order valence-corrected chi connectivity index (χ0v) is 9.05. The highest BCUT2D eigenvalue weighted by Gasteiger charge is 2.52. The molecule has 0 aliphatic carbocycles. The van der Waals surface area contributed by atoms with E-state index in [1.54, 1.807) is 0 Å². The molecule has 0 unspecified atom stereocenters. The Morgan fingerprint density at radius 3 is 1.80 bits per heavy atom. The maximum atomic E-state index is 5.67. The first-order chi connectivity index (χ1) is 4.36. The van der Waals surface area contributed by atoms with E-state index in [2.05, 4.69) is 0 Å². The SMILES string of the molecule is ClN1C(Cl)(Cl)CSC1(Cl)Cl. The Balaban J connectivity index is 2.77. The lowest BCUT2D eigenvalue weighted by Crippen LogP contribution is -2.34. The van der Waals surface area contributed by atoms with E-state index in [0.717, 1.165) is 4.42 Å². The molecule has 1 nitrogen and oxygen atoms in total. The first-order valence-corrected chi connectivity index (χ1v) is 5.05. The van der Waals surface area contributed by atoms with E-state index in [4.69, 9.17) is 58.2 Å². The van der Waals surface area contributed by atoms with Gasteiger partial charge in [-0.05, 0) is 11.8 Å². The van der Waals surface area contributed by atoms with Gasteiger partial charge in [0.15, 0.2) is 4.46 Å². The number of halogens is 5. The average molecular weight is 261 g/mol. The van der Waals surface area contributed by atoms with Crippen molar-refractivity contribution in [2.75, 3.05) is 5.75 Å². The smallest absolute Gasteiger partial charge is 0.141 e. The Hall–Kier alpha value is 1.76. The number of thioether (sulfide) groups is 1. The molecular weight excluding hydrogens is 259 g/mol. The Morgan fingerprint density at radius 1 is 1.20 bits per heavy atom. The Bertz CT molecular complexity index is 132. The van der Waals surface area contributed by atoms with Crippen LogP contribution in [0.1, 0.15) is 0 Å². The summed E-state index contributed by atoms with van der Waals surface area (Å²) in [5.74, 6) is 0.382. The summed E-state index contributed by atoms with van der Waals surface area (Å²) >= 11 is 29.4. The normalized spacial score (nSPS) is 30.9. The van der Waals surface area contributed by atoms with Crippen LogP contribution >= 0.6 is 69.9 Å². The molecule has 1 saturated heterocycles. The fourth-order valence-corrected chi connectivity index (χ4v) is 2.97. The van der Waals surface area contributed by atoms with Gasteiger partial charge in [-0.15, -0.1) is 16.2 Å². The molecule has 0 radical (unpaired) electrons. The van der Waals surface area contributed by atoms with Crippen molar-refractivity contribution in [1.82, 2.24) is 4.42 Å². The van der Waals surface area contributed by atoms with Crippen molar-refractivity contribution in [3.63, 3.8) is 0 Å². The molecule has 60 valence electrons. The summed E-state index contributed by atoms with van der Waals surface area (Å²) in [6, 6.07) is 0. The van der Waals surface area contributed by atoms with E-state index in [1.165, 1.54) is 11.8 Å². The number of rotatable bonds is 0. The lowest BCUT2D eigenvalue weighted by Gasteiger charge is -2.24. The van der Waals surface area contributed by atoms with E-state index in [0.29, 0.717) is 5.75 Å². The highest BCUT2D eigenvalue weighted by atomic mass is 35.5. The Labute approximate surface area is 88.0 Å².